The van der Waals surface area contributed by atoms with Gasteiger partial charge in [0.1, 0.15) is 6.61 Å². The number of ether oxygens (including phenoxy) is 2. The summed E-state index contributed by atoms with van der Waals surface area (Å²) in [5.41, 5.74) is 0. The smallest absolute Gasteiger partial charge is 0.306 e. The van der Waals surface area contributed by atoms with Crippen LogP contribution in [0.4, 0.5) is 0 Å². The van der Waals surface area contributed by atoms with Gasteiger partial charge in [-0.3, -0.25) is 9.59 Å². The third-order valence-electron chi connectivity index (χ3n) is 7.45. The molecule has 0 spiro atoms. The van der Waals surface area contributed by atoms with Gasteiger partial charge in [-0.05, 0) is 44.9 Å². The number of esters is 2. The van der Waals surface area contributed by atoms with E-state index in [4.69, 9.17) is 9.47 Å². The molecule has 5 nitrogen and oxygen atoms in total. The first-order chi connectivity index (χ1) is 20.6. The van der Waals surface area contributed by atoms with Gasteiger partial charge in [-0.25, -0.2) is 0 Å². The van der Waals surface area contributed by atoms with Crippen molar-refractivity contribution >= 4 is 11.9 Å². The molecular weight excluding hydrogens is 524 g/mol. The second kappa shape index (κ2) is 33.6. The van der Waals surface area contributed by atoms with Crippen LogP contribution < -0.4 is 0 Å². The van der Waals surface area contributed by atoms with Crippen LogP contribution in [0.15, 0.2) is 36.5 Å². The third-order valence-corrected chi connectivity index (χ3v) is 7.45. The van der Waals surface area contributed by atoms with Gasteiger partial charge in [0, 0.05) is 12.8 Å². The van der Waals surface area contributed by atoms with Crippen molar-refractivity contribution in [2.75, 3.05) is 13.2 Å². The molecule has 0 saturated heterocycles. The monoisotopic (exact) mass is 590 g/mol. The molecule has 0 aromatic rings. The van der Waals surface area contributed by atoms with Crippen molar-refractivity contribution in [1.29, 1.82) is 0 Å². The van der Waals surface area contributed by atoms with E-state index in [1.807, 2.05) is 0 Å². The second-order valence-electron chi connectivity index (χ2n) is 11.6. The van der Waals surface area contributed by atoms with E-state index in [0.29, 0.717) is 12.8 Å². The van der Waals surface area contributed by atoms with Crippen molar-refractivity contribution in [2.24, 2.45) is 0 Å². The van der Waals surface area contributed by atoms with E-state index in [1.165, 1.54) is 70.6 Å². The molecule has 0 amide bonds. The zero-order valence-electron chi connectivity index (χ0n) is 27.5. The molecule has 0 rings (SSSR count). The summed E-state index contributed by atoms with van der Waals surface area (Å²) < 4.78 is 10.6. The molecule has 0 fully saturated rings. The third kappa shape index (κ3) is 31.1. The van der Waals surface area contributed by atoms with Crippen molar-refractivity contribution in [3.05, 3.63) is 36.5 Å². The Morgan fingerprint density at radius 1 is 0.571 bits per heavy atom. The highest BCUT2D eigenvalue weighted by molar-refractivity contribution is 5.70. The maximum absolute atomic E-state index is 12.1. The number of hydrogen-bond acceptors (Lipinski definition) is 5. The molecule has 1 atom stereocenters. The number of rotatable bonds is 31. The fourth-order valence-electron chi connectivity index (χ4n) is 4.80. The SMILES string of the molecule is CC/C=C\C/C=C\C/C=C\CCCCCCCC(=O)O[C@@H](CO)COC(=O)CCCCCCCCCCCCCCC. The summed E-state index contributed by atoms with van der Waals surface area (Å²) in [7, 11) is 0. The molecule has 0 saturated carbocycles. The van der Waals surface area contributed by atoms with Crippen LogP contribution in [0.2, 0.25) is 0 Å². The first-order valence-corrected chi connectivity index (χ1v) is 17.5. The molecular formula is C37H66O5. The molecule has 0 bridgehead atoms. The number of carbonyl (C=O) groups is 2. The highest BCUT2D eigenvalue weighted by atomic mass is 16.6. The van der Waals surface area contributed by atoms with Gasteiger partial charge < -0.3 is 14.6 Å². The van der Waals surface area contributed by atoms with Crippen molar-refractivity contribution < 1.29 is 24.2 Å². The van der Waals surface area contributed by atoms with Crippen LogP contribution in [0.3, 0.4) is 0 Å². The number of aliphatic hydroxyl groups excluding tert-OH is 1. The average Bonchev–Trinajstić information content (AvgIpc) is 2.99. The van der Waals surface area contributed by atoms with E-state index >= 15 is 0 Å². The van der Waals surface area contributed by atoms with Crippen LogP contribution in [-0.4, -0.2) is 36.4 Å². The minimum absolute atomic E-state index is 0.0707. The molecule has 1 N–H and O–H groups in total. The van der Waals surface area contributed by atoms with Crippen LogP contribution >= 0.6 is 0 Å². The van der Waals surface area contributed by atoms with E-state index < -0.39 is 6.10 Å². The normalized spacial score (nSPS) is 12.5. The lowest BCUT2D eigenvalue weighted by Gasteiger charge is -2.15. The molecule has 42 heavy (non-hydrogen) atoms. The lowest BCUT2D eigenvalue weighted by atomic mass is 10.0. The number of unbranched alkanes of at least 4 members (excludes halogenated alkanes) is 17. The van der Waals surface area contributed by atoms with Crippen LogP contribution in [0, 0.1) is 0 Å². The summed E-state index contributed by atoms with van der Waals surface area (Å²) in [6.07, 6.45) is 39.1. The lowest BCUT2D eigenvalue weighted by Crippen LogP contribution is -2.28. The minimum Gasteiger partial charge on any atom is -0.462 e. The van der Waals surface area contributed by atoms with Crippen LogP contribution in [0.25, 0.3) is 0 Å². The summed E-state index contributed by atoms with van der Waals surface area (Å²) in [6.45, 7) is 4.00. The molecule has 0 radical (unpaired) electrons. The Bertz CT molecular complexity index is 682. The standard InChI is InChI=1S/C37H66O5/c1-3-5-7-9-11-13-15-17-18-20-22-24-26-28-30-32-37(40)42-35(33-38)34-41-36(39)31-29-27-25-23-21-19-16-14-12-10-8-6-4-2/h5,7,11,13,17-18,35,38H,3-4,6,8-10,12,14-16,19-34H2,1-2H3/b7-5-,13-11-,18-17-/t35-/m0/s1. The summed E-state index contributed by atoms with van der Waals surface area (Å²) in [4.78, 5) is 24.1. The maximum Gasteiger partial charge on any atom is 0.306 e. The van der Waals surface area contributed by atoms with Gasteiger partial charge in [0.25, 0.3) is 0 Å². The zero-order chi connectivity index (χ0) is 30.8. The molecule has 0 aliphatic carbocycles. The van der Waals surface area contributed by atoms with Gasteiger partial charge in [0.05, 0.1) is 6.61 Å². The Labute approximate surface area is 259 Å². The predicted octanol–water partition coefficient (Wildman–Crippen LogP) is 10.5. The van der Waals surface area contributed by atoms with E-state index in [0.717, 1.165) is 70.6 Å². The minimum atomic E-state index is -0.775. The van der Waals surface area contributed by atoms with Gasteiger partial charge in [0.2, 0.25) is 0 Å². The first kappa shape index (κ1) is 40.1. The molecule has 0 aromatic carbocycles. The van der Waals surface area contributed by atoms with Gasteiger partial charge >= 0.3 is 11.9 Å². The van der Waals surface area contributed by atoms with E-state index in [2.05, 4.69) is 50.3 Å². The Morgan fingerprint density at radius 2 is 1.02 bits per heavy atom. The van der Waals surface area contributed by atoms with Gasteiger partial charge in [0.15, 0.2) is 6.10 Å². The fraction of sp³-hybridized carbons (Fsp3) is 0.784. The lowest BCUT2D eigenvalue weighted by molar-refractivity contribution is -0.161. The summed E-state index contributed by atoms with van der Waals surface area (Å²) >= 11 is 0. The number of aliphatic hydroxyl groups is 1. The Balaban J connectivity index is 3.60. The van der Waals surface area contributed by atoms with Gasteiger partial charge in [-0.1, -0.05) is 147 Å². The van der Waals surface area contributed by atoms with E-state index in [-0.39, 0.29) is 25.2 Å². The predicted molar refractivity (Wildman–Crippen MR) is 178 cm³/mol. The largest absolute Gasteiger partial charge is 0.462 e. The summed E-state index contributed by atoms with van der Waals surface area (Å²) in [6, 6.07) is 0. The molecule has 0 heterocycles. The topological polar surface area (TPSA) is 72.8 Å². The molecule has 0 aromatic heterocycles. The highest BCUT2D eigenvalue weighted by Gasteiger charge is 2.16. The van der Waals surface area contributed by atoms with Crippen LogP contribution in [0.5, 0.6) is 0 Å². The van der Waals surface area contributed by atoms with Crippen LogP contribution in [-0.2, 0) is 19.1 Å². The van der Waals surface area contributed by atoms with Gasteiger partial charge in [-0.2, -0.15) is 0 Å². The van der Waals surface area contributed by atoms with Gasteiger partial charge in [-0.15, -0.1) is 0 Å². The number of carbonyl (C=O) groups excluding carboxylic acids is 2. The Morgan fingerprint density at radius 3 is 1.55 bits per heavy atom. The fourth-order valence-corrected chi connectivity index (χ4v) is 4.80. The van der Waals surface area contributed by atoms with E-state index in [9.17, 15) is 14.7 Å². The summed E-state index contributed by atoms with van der Waals surface area (Å²) in [5.74, 6) is -0.610. The van der Waals surface area contributed by atoms with Crippen molar-refractivity contribution in [3.8, 4) is 0 Å². The molecule has 0 aliphatic rings. The maximum atomic E-state index is 12.1. The molecule has 0 unspecified atom stereocenters. The molecule has 244 valence electrons. The number of hydrogen-bond donors (Lipinski definition) is 1. The highest BCUT2D eigenvalue weighted by Crippen LogP contribution is 2.13. The average molecular weight is 591 g/mol. The quantitative estimate of drug-likeness (QED) is 0.0494. The Kier molecular flexibility index (Phi) is 32.1. The molecule has 5 heteroatoms. The van der Waals surface area contributed by atoms with E-state index in [1.54, 1.807) is 0 Å². The second-order valence-corrected chi connectivity index (χ2v) is 11.6. The van der Waals surface area contributed by atoms with Crippen molar-refractivity contribution in [2.45, 2.75) is 174 Å². The summed E-state index contributed by atoms with van der Waals surface area (Å²) in [5, 5.41) is 9.51. The van der Waals surface area contributed by atoms with Crippen molar-refractivity contribution in [1.82, 2.24) is 0 Å². The first-order valence-electron chi connectivity index (χ1n) is 17.5. The Hall–Kier alpha value is -1.88. The van der Waals surface area contributed by atoms with Crippen molar-refractivity contribution in [3.63, 3.8) is 0 Å². The van der Waals surface area contributed by atoms with Crippen LogP contribution in [0.1, 0.15) is 168 Å². The molecule has 0 aliphatic heterocycles. The number of allylic oxidation sites excluding steroid dienone is 6. The zero-order valence-corrected chi connectivity index (χ0v) is 27.5.